The molecule has 0 unspecified atom stereocenters. The summed E-state index contributed by atoms with van der Waals surface area (Å²) >= 11 is 0. The van der Waals surface area contributed by atoms with Gasteiger partial charge in [0.1, 0.15) is 10.7 Å². The molecule has 3 aromatic rings. The second kappa shape index (κ2) is 6.94. The van der Waals surface area contributed by atoms with Gasteiger partial charge in [-0.2, -0.15) is 0 Å². The standard InChI is InChI=1S/C17H16FN3O2S/c18-16-6-1-2-7-17(16)24(22,23)20-11-14-4-3-5-15(10-14)12-21-9-8-19-13-21/h1-10,13,20H,11-12H2. The molecule has 124 valence electrons. The first-order chi connectivity index (χ1) is 11.5. The maximum absolute atomic E-state index is 13.7. The molecule has 1 aromatic heterocycles. The van der Waals surface area contributed by atoms with E-state index in [1.807, 2.05) is 35.0 Å². The molecule has 0 amide bonds. The van der Waals surface area contributed by atoms with Crippen molar-refractivity contribution < 1.29 is 12.8 Å². The second-order valence-electron chi connectivity index (χ2n) is 5.31. The van der Waals surface area contributed by atoms with Crippen molar-refractivity contribution in [2.24, 2.45) is 0 Å². The molecule has 0 saturated carbocycles. The lowest BCUT2D eigenvalue weighted by Gasteiger charge is -2.09. The predicted octanol–water partition coefficient (Wildman–Crippen LogP) is 2.55. The van der Waals surface area contributed by atoms with E-state index in [-0.39, 0.29) is 11.4 Å². The van der Waals surface area contributed by atoms with E-state index < -0.39 is 15.8 Å². The Morgan fingerprint density at radius 1 is 1.08 bits per heavy atom. The van der Waals surface area contributed by atoms with Crippen molar-refractivity contribution in [1.29, 1.82) is 0 Å². The number of aromatic nitrogens is 2. The first kappa shape index (κ1) is 16.4. The molecule has 0 fully saturated rings. The molecule has 3 rings (SSSR count). The van der Waals surface area contributed by atoms with Gasteiger partial charge in [0.05, 0.1) is 6.33 Å². The molecule has 0 aliphatic carbocycles. The van der Waals surface area contributed by atoms with Crippen molar-refractivity contribution in [3.63, 3.8) is 0 Å². The third-order valence-corrected chi connectivity index (χ3v) is 4.94. The summed E-state index contributed by atoms with van der Waals surface area (Å²) in [7, 11) is -3.89. The summed E-state index contributed by atoms with van der Waals surface area (Å²) in [5, 5.41) is 0. The quantitative estimate of drug-likeness (QED) is 0.747. The molecule has 1 heterocycles. The highest BCUT2D eigenvalue weighted by atomic mass is 32.2. The minimum atomic E-state index is -3.89. The van der Waals surface area contributed by atoms with E-state index in [2.05, 4.69) is 9.71 Å². The van der Waals surface area contributed by atoms with Crippen molar-refractivity contribution >= 4 is 10.0 Å². The van der Waals surface area contributed by atoms with Crippen LogP contribution in [0.5, 0.6) is 0 Å². The average Bonchev–Trinajstić information content (AvgIpc) is 3.07. The van der Waals surface area contributed by atoms with Crippen molar-refractivity contribution in [1.82, 2.24) is 14.3 Å². The van der Waals surface area contributed by atoms with Crippen molar-refractivity contribution in [2.45, 2.75) is 18.0 Å². The largest absolute Gasteiger partial charge is 0.333 e. The molecule has 2 aromatic carbocycles. The Labute approximate surface area is 139 Å². The van der Waals surface area contributed by atoms with Gasteiger partial charge in [-0.3, -0.25) is 0 Å². The molecule has 0 radical (unpaired) electrons. The molecule has 7 heteroatoms. The van der Waals surface area contributed by atoms with E-state index in [0.717, 1.165) is 17.2 Å². The third-order valence-electron chi connectivity index (χ3n) is 3.51. The minimum Gasteiger partial charge on any atom is -0.333 e. The van der Waals surface area contributed by atoms with E-state index in [0.29, 0.717) is 6.54 Å². The van der Waals surface area contributed by atoms with Gasteiger partial charge in [-0.15, -0.1) is 0 Å². The Balaban J connectivity index is 1.71. The maximum atomic E-state index is 13.7. The van der Waals surface area contributed by atoms with Crippen LogP contribution in [0.2, 0.25) is 0 Å². The van der Waals surface area contributed by atoms with Crippen LogP contribution in [0.3, 0.4) is 0 Å². The lowest BCUT2D eigenvalue weighted by molar-refractivity contribution is 0.557. The summed E-state index contributed by atoms with van der Waals surface area (Å²) in [4.78, 5) is 3.64. The summed E-state index contributed by atoms with van der Waals surface area (Å²) in [5.74, 6) is -0.765. The maximum Gasteiger partial charge on any atom is 0.243 e. The van der Waals surface area contributed by atoms with Gasteiger partial charge in [-0.25, -0.2) is 22.5 Å². The smallest absolute Gasteiger partial charge is 0.243 e. The van der Waals surface area contributed by atoms with Crippen LogP contribution in [0.15, 0.2) is 72.1 Å². The summed E-state index contributed by atoms with van der Waals surface area (Å²) in [6.45, 7) is 0.738. The fourth-order valence-corrected chi connectivity index (χ4v) is 3.44. The van der Waals surface area contributed by atoms with Gasteiger partial charge >= 0.3 is 0 Å². The molecule has 0 spiro atoms. The Morgan fingerprint density at radius 3 is 2.62 bits per heavy atom. The van der Waals surface area contributed by atoms with Crippen LogP contribution in [0.1, 0.15) is 11.1 Å². The Morgan fingerprint density at radius 2 is 1.88 bits per heavy atom. The number of rotatable bonds is 6. The molecule has 0 saturated heterocycles. The molecule has 0 aliphatic heterocycles. The van der Waals surface area contributed by atoms with Crippen LogP contribution in [0.25, 0.3) is 0 Å². The predicted molar refractivity (Wildman–Crippen MR) is 88.2 cm³/mol. The highest BCUT2D eigenvalue weighted by Crippen LogP contribution is 2.14. The van der Waals surface area contributed by atoms with Crippen LogP contribution >= 0.6 is 0 Å². The number of benzene rings is 2. The summed E-state index contributed by atoms with van der Waals surface area (Å²) in [5.41, 5.74) is 1.82. The Kier molecular flexibility index (Phi) is 4.73. The zero-order valence-corrected chi connectivity index (χ0v) is 13.6. The van der Waals surface area contributed by atoms with Gasteiger partial charge in [0.2, 0.25) is 10.0 Å². The molecular weight excluding hydrogens is 329 g/mol. The lowest BCUT2D eigenvalue weighted by atomic mass is 10.1. The number of nitrogens with zero attached hydrogens (tertiary/aromatic N) is 2. The fraction of sp³-hybridized carbons (Fsp3) is 0.118. The highest BCUT2D eigenvalue weighted by molar-refractivity contribution is 7.89. The van der Waals surface area contributed by atoms with E-state index >= 15 is 0 Å². The summed E-state index contributed by atoms with van der Waals surface area (Å²) in [6.07, 6.45) is 5.27. The van der Waals surface area contributed by atoms with Crippen LogP contribution in [-0.2, 0) is 23.1 Å². The second-order valence-corrected chi connectivity index (χ2v) is 7.05. The Hall–Kier alpha value is -2.51. The van der Waals surface area contributed by atoms with Gasteiger partial charge in [0.15, 0.2) is 0 Å². The zero-order chi connectivity index (χ0) is 17.0. The monoisotopic (exact) mass is 345 g/mol. The molecule has 0 aliphatic rings. The average molecular weight is 345 g/mol. The van der Waals surface area contributed by atoms with E-state index in [4.69, 9.17) is 0 Å². The van der Waals surface area contributed by atoms with Crippen LogP contribution in [0.4, 0.5) is 4.39 Å². The fourth-order valence-electron chi connectivity index (χ4n) is 2.35. The van der Waals surface area contributed by atoms with Crippen LogP contribution in [-0.4, -0.2) is 18.0 Å². The summed E-state index contributed by atoms with van der Waals surface area (Å²) in [6, 6.07) is 12.9. The van der Waals surface area contributed by atoms with Crippen molar-refractivity contribution in [2.75, 3.05) is 0 Å². The Bertz CT molecular complexity index is 925. The SMILES string of the molecule is O=S(=O)(NCc1cccc(Cn2ccnc2)c1)c1ccccc1F. The van der Waals surface area contributed by atoms with E-state index in [1.165, 1.54) is 18.2 Å². The minimum absolute atomic E-state index is 0.0917. The van der Waals surface area contributed by atoms with Gasteiger partial charge in [0, 0.05) is 25.5 Å². The van der Waals surface area contributed by atoms with E-state index in [9.17, 15) is 12.8 Å². The zero-order valence-electron chi connectivity index (χ0n) is 12.8. The van der Waals surface area contributed by atoms with Gasteiger partial charge in [0.25, 0.3) is 0 Å². The molecule has 0 bridgehead atoms. The number of imidazole rings is 1. The number of sulfonamides is 1. The number of hydrogen-bond donors (Lipinski definition) is 1. The topological polar surface area (TPSA) is 64.0 Å². The lowest BCUT2D eigenvalue weighted by Crippen LogP contribution is -2.24. The number of hydrogen-bond acceptors (Lipinski definition) is 3. The van der Waals surface area contributed by atoms with Crippen LogP contribution in [0, 0.1) is 5.82 Å². The van der Waals surface area contributed by atoms with E-state index in [1.54, 1.807) is 12.5 Å². The highest BCUT2D eigenvalue weighted by Gasteiger charge is 2.17. The first-order valence-electron chi connectivity index (χ1n) is 7.32. The molecular formula is C17H16FN3O2S. The van der Waals surface area contributed by atoms with Gasteiger partial charge in [-0.05, 0) is 23.3 Å². The first-order valence-corrected chi connectivity index (χ1v) is 8.81. The van der Waals surface area contributed by atoms with Gasteiger partial charge in [-0.1, -0.05) is 36.4 Å². The van der Waals surface area contributed by atoms with Crippen molar-refractivity contribution in [3.8, 4) is 0 Å². The molecule has 5 nitrogen and oxygen atoms in total. The number of nitrogens with one attached hydrogen (secondary N) is 1. The third kappa shape index (κ3) is 3.87. The normalized spacial score (nSPS) is 11.5. The van der Waals surface area contributed by atoms with Gasteiger partial charge < -0.3 is 4.57 Å². The molecule has 0 atom stereocenters. The van der Waals surface area contributed by atoms with Crippen molar-refractivity contribution in [3.05, 3.63) is 84.2 Å². The summed E-state index contributed by atoms with van der Waals surface area (Å²) < 4.78 is 42.4. The molecule has 1 N–H and O–H groups in total. The van der Waals surface area contributed by atoms with Crippen LogP contribution < -0.4 is 4.72 Å². The molecule has 24 heavy (non-hydrogen) atoms. The number of halogens is 1.